The molecule has 0 bridgehead atoms. The fourth-order valence-corrected chi connectivity index (χ4v) is 0.926. The zero-order chi connectivity index (χ0) is 10.4. The first-order chi connectivity index (χ1) is 6.76. The maximum atomic E-state index is 10.9. The van der Waals surface area contributed by atoms with E-state index < -0.39 is 6.09 Å². The Labute approximate surface area is 82.7 Å². The highest BCUT2D eigenvalue weighted by atomic mass is 16.5. The molecule has 0 aliphatic heterocycles. The van der Waals surface area contributed by atoms with Crippen molar-refractivity contribution in [3.05, 3.63) is 49.2 Å². The number of carbonyl (C=O) groups is 1. The van der Waals surface area contributed by atoms with Gasteiger partial charge in [-0.2, -0.15) is 0 Å². The minimum Gasteiger partial charge on any atom is -0.419 e. The fraction of sp³-hybridized carbons (Fsp3) is 0. The predicted octanol–water partition coefficient (Wildman–Crippen LogP) is 3.02. The Morgan fingerprint density at radius 1 is 1.29 bits per heavy atom. The molecule has 1 aromatic rings. The predicted molar refractivity (Wildman–Crippen MR) is 56.8 cm³/mol. The molecule has 0 aliphatic rings. The van der Waals surface area contributed by atoms with Crippen LogP contribution in [0.25, 0.3) is 6.08 Å². The van der Waals surface area contributed by atoms with Gasteiger partial charge in [0.1, 0.15) is 0 Å². The van der Waals surface area contributed by atoms with Crippen LogP contribution < -0.4 is 5.32 Å². The SMILES string of the molecule is C=COC(=O)Nc1ccc(C=C)cc1. The van der Waals surface area contributed by atoms with E-state index in [4.69, 9.17) is 0 Å². The summed E-state index contributed by atoms with van der Waals surface area (Å²) >= 11 is 0. The molecule has 0 heterocycles. The second-order valence-electron chi connectivity index (χ2n) is 2.52. The third kappa shape index (κ3) is 2.79. The second-order valence-corrected chi connectivity index (χ2v) is 2.52. The molecule has 72 valence electrons. The molecule has 14 heavy (non-hydrogen) atoms. The summed E-state index contributed by atoms with van der Waals surface area (Å²) in [6.45, 7) is 6.90. The summed E-state index contributed by atoms with van der Waals surface area (Å²) < 4.78 is 4.50. The number of amides is 1. The van der Waals surface area contributed by atoms with Gasteiger partial charge in [0.2, 0.25) is 0 Å². The average Bonchev–Trinajstić information content (AvgIpc) is 2.19. The van der Waals surface area contributed by atoms with Crippen LogP contribution in [0.4, 0.5) is 10.5 Å². The van der Waals surface area contributed by atoms with Crippen LogP contribution in [-0.2, 0) is 4.74 Å². The molecule has 1 amide bonds. The van der Waals surface area contributed by atoms with Gasteiger partial charge in [0.05, 0.1) is 6.26 Å². The lowest BCUT2D eigenvalue weighted by Gasteiger charge is -2.03. The zero-order valence-corrected chi connectivity index (χ0v) is 7.69. The molecule has 0 aromatic heterocycles. The summed E-state index contributed by atoms with van der Waals surface area (Å²) in [6.07, 6.45) is 2.26. The van der Waals surface area contributed by atoms with E-state index in [1.807, 2.05) is 12.1 Å². The summed E-state index contributed by atoms with van der Waals surface area (Å²) in [5, 5.41) is 2.53. The van der Waals surface area contributed by atoms with Crippen molar-refractivity contribution in [1.29, 1.82) is 0 Å². The van der Waals surface area contributed by atoms with E-state index in [1.165, 1.54) is 0 Å². The van der Waals surface area contributed by atoms with Gasteiger partial charge in [-0.15, -0.1) is 0 Å². The van der Waals surface area contributed by atoms with Gasteiger partial charge in [-0.05, 0) is 17.7 Å². The molecule has 1 N–H and O–H groups in total. The lowest BCUT2D eigenvalue weighted by Crippen LogP contribution is -2.10. The topological polar surface area (TPSA) is 38.3 Å². The molecule has 0 fully saturated rings. The summed E-state index contributed by atoms with van der Waals surface area (Å²) in [5.41, 5.74) is 1.66. The van der Waals surface area contributed by atoms with Gasteiger partial charge in [-0.3, -0.25) is 5.32 Å². The fourth-order valence-electron chi connectivity index (χ4n) is 0.926. The Morgan fingerprint density at radius 3 is 2.43 bits per heavy atom. The Balaban J connectivity index is 2.63. The van der Waals surface area contributed by atoms with Crippen LogP contribution in [0.2, 0.25) is 0 Å². The monoisotopic (exact) mass is 189 g/mol. The molecule has 0 radical (unpaired) electrons. The van der Waals surface area contributed by atoms with Crippen LogP contribution in [0.15, 0.2) is 43.7 Å². The van der Waals surface area contributed by atoms with Crippen molar-refractivity contribution in [1.82, 2.24) is 0 Å². The largest absolute Gasteiger partial charge is 0.419 e. The molecule has 0 spiro atoms. The summed E-state index contributed by atoms with van der Waals surface area (Å²) in [6, 6.07) is 7.22. The maximum absolute atomic E-state index is 10.9. The number of nitrogens with one attached hydrogen (secondary N) is 1. The van der Waals surface area contributed by atoms with Crippen LogP contribution in [0.5, 0.6) is 0 Å². The van der Waals surface area contributed by atoms with Crippen LogP contribution >= 0.6 is 0 Å². The molecule has 0 saturated heterocycles. The van der Waals surface area contributed by atoms with Crippen LogP contribution in [0.1, 0.15) is 5.56 Å². The van der Waals surface area contributed by atoms with Gasteiger partial charge in [-0.25, -0.2) is 4.79 Å². The van der Waals surface area contributed by atoms with Gasteiger partial charge in [0.25, 0.3) is 0 Å². The number of rotatable bonds is 3. The number of hydrogen-bond acceptors (Lipinski definition) is 2. The van der Waals surface area contributed by atoms with E-state index in [2.05, 4.69) is 23.2 Å². The Hall–Kier alpha value is -2.03. The van der Waals surface area contributed by atoms with Crippen LogP contribution in [0, 0.1) is 0 Å². The Kier molecular flexibility index (Phi) is 3.49. The van der Waals surface area contributed by atoms with Crippen molar-refractivity contribution in [2.45, 2.75) is 0 Å². The second kappa shape index (κ2) is 4.87. The molecular weight excluding hydrogens is 178 g/mol. The van der Waals surface area contributed by atoms with Gasteiger partial charge in [0.15, 0.2) is 0 Å². The van der Waals surface area contributed by atoms with Crippen molar-refractivity contribution in [2.24, 2.45) is 0 Å². The minimum atomic E-state index is -0.550. The van der Waals surface area contributed by atoms with E-state index >= 15 is 0 Å². The number of hydrogen-bond donors (Lipinski definition) is 1. The highest BCUT2D eigenvalue weighted by molar-refractivity contribution is 5.85. The van der Waals surface area contributed by atoms with Gasteiger partial charge in [-0.1, -0.05) is 31.4 Å². The number of ether oxygens (including phenoxy) is 1. The molecular formula is C11H11NO2. The van der Waals surface area contributed by atoms with Crippen LogP contribution in [0.3, 0.4) is 0 Å². The summed E-state index contributed by atoms with van der Waals surface area (Å²) in [7, 11) is 0. The summed E-state index contributed by atoms with van der Waals surface area (Å²) in [4.78, 5) is 10.9. The third-order valence-electron chi connectivity index (χ3n) is 1.58. The third-order valence-corrected chi connectivity index (χ3v) is 1.58. The van der Waals surface area contributed by atoms with E-state index in [-0.39, 0.29) is 0 Å². The van der Waals surface area contributed by atoms with E-state index in [9.17, 15) is 4.79 Å². The smallest absolute Gasteiger partial charge is 0.416 e. The van der Waals surface area contributed by atoms with Crippen molar-refractivity contribution in [3.8, 4) is 0 Å². The molecule has 0 unspecified atom stereocenters. The van der Waals surface area contributed by atoms with E-state index in [1.54, 1.807) is 18.2 Å². The first-order valence-electron chi connectivity index (χ1n) is 4.07. The van der Waals surface area contributed by atoms with Crippen molar-refractivity contribution >= 4 is 17.9 Å². The lowest BCUT2D eigenvalue weighted by atomic mass is 10.2. The Morgan fingerprint density at radius 2 is 1.93 bits per heavy atom. The normalized spacial score (nSPS) is 8.86. The van der Waals surface area contributed by atoms with Gasteiger partial charge in [0, 0.05) is 5.69 Å². The van der Waals surface area contributed by atoms with Gasteiger partial charge < -0.3 is 4.74 Å². The first-order valence-corrected chi connectivity index (χ1v) is 4.07. The quantitative estimate of drug-likeness (QED) is 0.742. The maximum Gasteiger partial charge on any atom is 0.416 e. The highest BCUT2D eigenvalue weighted by Crippen LogP contribution is 2.10. The molecule has 3 nitrogen and oxygen atoms in total. The highest BCUT2D eigenvalue weighted by Gasteiger charge is 1.99. The van der Waals surface area contributed by atoms with E-state index in [0.717, 1.165) is 11.8 Å². The summed E-state index contributed by atoms with van der Waals surface area (Å²) in [5.74, 6) is 0. The number of benzene rings is 1. The van der Waals surface area contributed by atoms with E-state index in [0.29, 0.717) is 5.69 Å². The minimum absolute atomic E-state index is 0.550. The molecule has 0 atom stereocenters. The van der Waals surface area contributed by atoms with Crippen molar-refractivity contribution < 1.29 is 9.53 Å². The molecule has 3 heteroatoms. The number of anilines is 1. The first kappa shape index (κ1) is 10.1. The van der Waals surface area contributed by atoms with Crippen molar-refractivity contribution in [3.63, 3.8) is 0 Å². The lowest BCUT2D eigenvalue weighted by molar-refractivity contribution is 0.201. The average molecular weight is 189 g/mol. The Bertz CT molecular complexity index is 341. The molecule has 0 saturated carbocycles. The molecule has 0 aliphatic carbocycles. The molecule has 1 rings (SSSR count). The van der Waals surface area contributed by atoms with Crippen LogP contribution in [-0.4, -0.2) is 6.09 Å². The van der Waals surface area contributed by atoms with Crippen molar-refractivity contribution in [2.75, 3.05) is 5.32 Å². The number of carbonyl (C=O) groups excluding carboxylic acids is 1. The standard InChI is InChI=1S/C11H11NO2/c1-3-9-5-7-10(8-6-9)12-11(13)14-4-2/h3-8H,1-2H2,(H,12,13). The zero-order valence-electron chi connectivity index (χ0n) is 7.69. The molecule has 1 aromatic carbocycles. The van der Waals surface area contributed by atoms with Gasteiger partial charge >= 0.3 is 6.09 Å².